The van der Waals surface area contributed by atoms with Crippen molar-refractivity contribution in [2.45, 2.75) is 19.5 Å². The molecular weight excluding hydrogens is 404 g/mol. The third kappa shape index (κ3) is 3.86. The fourth-order valence-corrected chi connectivity index (χ4v) is 3.79. The minimum atomic E-state index is -0.168. The molecule has 0 bridgehead atoms. The molecule has 3 heterocycles. The average Bonchev–Trinajstić information content (AvgIpc) is 3.20. The van der Waals surface area contributed by atoms with Gasteiger partial charge < -0.3 is 15.4 Å². The lowest BCUT2D eigenvalue weighted by atomic mass is 10.1. The van der Waals surface area contributed by atoms with Gasteiger partial charge in [-0.2, -0.15) is 5.10 Å². The van der Waals surface area contributed by atoms with Crippen molar-refractivity contribution in [3.63, 3.8) is 0 Å². The van der Waals surface area contributed by atoms with Crippen molar-refractivity contribution < 1.29 is 9.53 Å². The van der Waals surface area contributed by atoms with Gasteiger partial charge in [-0.05, 0) is 37.3 Å². The monoisotopic (exact) mass is 428 g/mol. The number of nitrogens with zero attached hydrogens (tertiary/aromatic N) is 5. The maximum atomic E-state index is 13.6. The van der Waals surface area contributed by atoms with Crippen LogP contribution in [0.5, 0.6) is 0 Å². The summed E-state index contributed by atoms with van der Waals surface area (Å²) in [5, 5.41) is 5.87. The molecule has 0 radical (unpaired) electrons. The SMILES string of the molecule is C#Cc1ccc(CN(C(=O)c2ccc3nc(N)c4cnn(C)c4c3c2)C(C)COC)nc1. The van der Waals surface area contributed by atoms with E-state index in [9.17, 15) is 4.79 Å². The molecule has 32 heavy (non-hydrogen) atoms. The van der Waals surface area contributed by atoms with Crippen molar-refractivity contribution in [2.24, 2.45) is 7.05 Å². The van der Waals surface area contributed by atoms with E-state index in [1.807, 2.05) is 38.2 Å². The number of benzene rings is 1. The Morgan fingerprint density at radius 1 is 1.28 bits per heavy atom. The molecule has 0 saturated carbocycles. The van der Waals surface area contributed by atoms with Crippen LogP contribution in [-0.2, 0) is 18.3 Å². The fourth-order valence-electron chi connectivity index (χ4n) is 3.79. The Labute approximate surface area is 186 Å². The van der Waals surface area contributed by atoms with Gasteiger partial charge in [-0.1, -0.05) is 5.92 Å². The zero-order chi connectivity index (χ0) is 22.8. The number of carbonyl (C=O) groups excluding carboxylic acids is 1. The lowest BCUT2D eigenvalue weighted by Crippen LogP contribution is -2.40. The van der Waals surface area contributed by atoms with Gasteiger partial charge in [-0.25, -0.2) is 4.98 Å². The molecule has 0 aliphatic heterocycles. The molecule has 0 spiro atoms. The lowest BCUT2D eigenvalue weighted by Gasteiger charge is -2.29. The van der Waals surface area contributed by atoms with Crippen molar-refractivity contribution in [3.05, 3.63) is 59.5 Å². The molecule has 1 unspecified atom stereocenters. The van der Waals surface area contributed by atoms with E-state index in [-0.39, 0.29) is 11.9 Å². The second-order valence-corrected chi connectivity index (χ2v) is 7.68. The number of nitrogens with two attached hydrogens (primary N) is 1. The molecule has 0 aliphatic carbocycles. The topological polar surface area (TPSA) is 99.2 Å². The van der Waals surface area contributed by atoms with Crippen molar-refractivity contribution in [2.75, 3.05) is 19.5 Å². The van der Waals surface area contributed by atoms with Gasteiger partial charge in [-0.15, -0.1) is 6.42 Å². The molecule has 4 aromatic rings. The quantitative estimate of drug-likeness (QED) is 0.474. The van der Waals surface area contributed by atoms with E-state index in [2.05, 4.69) is 21.0 Å². The Morgan fingerprint density at radius 3 is 2.78 bits per heavy atom. The summed E-state index contributed by atoms with van der Waals surface area (Å²) in [6.07, 6.45) is 8.73. The summed E-state index contributed by atoms with van der Waals surface area (Å²) in [5.74, 6) is 2.83. The van der Waals surface area contributed by atoms with Crippen molar-refractivity contribution in [1.29, 1.82) is 0 Å². The highest BCUT2D eigenvalue weighted by Crippen LogP contribution is 2.28. The first kappa shape index (κ1) is 21.3. The van der Waals surface area contributed by atoms with E-state index < -0.39 is 0 Å². The second-order valence-electron chi connectivity index (χ2n) is 7.68. The first-order valence-electron chi connectivity index (χ1n) is 10.1. The summed E-state index contributed by atoms with van der Waals surface area (Å²) < 4.78 is 7.06. The van der Waals surface area contributed by atoms with Gasteiger partial charge in [-0.3, -0.25) is 14.5 Å². The van der Waals surface area contributed by atoms with Gasteiger partial charge >= 0.3 is 0 Å². The Balaban J connectivity index is 1.75. The summed E-state index contributed by atoms with van der Waals surface area (Å²) in [5.41, 5.74) is 9.60. The zero-order valence-electron chi connectivity index (χ0n) is 18.2. The minimum absolute atomic E-state index is 0.133. The van der Waals surface area contributed by atoms with Gasteiger partial charge in [0.1, 0.15) is 5.82 Å². The third-order valence-electron chi connectivity index (χ3n) is 5.48. The van der Waals surface area contributed by atoms with E-state index >= 15 is 0 Å². The number of hydrogen-bond donors (Lipinski definition) is 1. The number of hydrogen-bond acceptors (Lipinski definition) is 6. The second kappa shape index (κ2) is 8.65. The maximum absolute atomic E-state index is 13.6. The number of amides is 1. The van der Waals surface area contributed by atoms with Crippen LogP contribution in [0.4, 0.5) is 5.82 Å². The predicted octanol–water partition coefficient (Wildman–Crippen LogP) is 2.76. The standard InChI is InChI=1S/C24H24N6O2/c1-5-16-6-8-18(26-11-16)13-30(15(2)14-32-4)24(31)17-7-9-21-19(10-17)22-20(23(25)28-21)12-27-29(22)3/h1,6-12,15H,13-14H2,2-4H3,(H2,25,28). The Morgan fingerprint density at radius 2 is 2.09 bits per heavy atom. The molecule has 8 heteroatoms. The van der Waals surface area contributed by atoms with Crippen LogP contribution in [0.1, 0.15) is 28.5 Å². The van der Waals surface area contributed by atoms with E-state index in [0.29, 0.717) is 35.6 Å². The van der Waals surface area contributed by atoms with Gasteiger partial charge in [0.05, 0.1) is 47.5 Å². The van der Waals surface area contributed by atoms with E-state index in [0.717, 1.165) is 22.0 Å². The lowest BCUT2D eigenvalue weighted by molar-refractivity contribution is 0.0539. The van der Waals surface area contributed by atoms with Crippen molar-refractivity contribution >= 4 is 33.5 Å². The van der Waals surface area contributed by atoms with E-state index in [1.165, 1.54) is 0 Å². The fraction of sp³-hybridized carbons (Fsp3) is 0.250. The van der Waals surface area contributed by atoms with Crippen LogP contribution in [0.25, 0.3) is 21.8 Å². The largest absolute Gasteiger partial charge is 0.383 e. The first-order valence-corrected chi connectivity index (χ1v) is 10.1. The normalized spacial score (nSPS) is 12.1. The highest BCUT2D eigenvalue weighted by atomic mass is 16.5. The number of ether oxygens (including phenoxy) is 1. The minimum Gasteiger partial charge on any atom is -0.383 e. The number of aryl methyl sites for hydroxylation is 1. The molecule has 3 aromatic heterocycles. The summed E-state index contributed by atoms with van der Waals surface area (Å²) in [6.45, 7) is 2.67. The van der Waals surface area contributed by atoms with Crippen LogP contribution in [0.3, 0.4) is 0 Å². The number of pyridine rings is 2. The Hall–Kier alpha value is -3.96. The van der Waals surface area contributed by atoms with Gasteiger partial charge in [0.2, 0.25) is 0 Å². The molecule has 4 rings (SSSR count). The molecule has 1 aromatic carbocycles. The van der Waals surface area contributed by atoms with Crippen molar-refractivity contribution in [1.82, 2.24) is 24.6 Å². The molecule has 0 aliphatic rings. The number of methoxy groups -OCH3 is 1. The molecule has 0 fully saturated rings. The molecule has 162 valence electrons. The van der Waals surface area contributed by atoms with E-state index in [1.54, 1.807) is 35.2 Å². The predicted molar refractivity (Wildman–Crippen MR) is 124 cm³/mol. The maximum Gasteiger partial charge on any atom is 0.254 e. The first-order chi connectivity index (χ1) is 15.4. The Bertz CT molecular complexity index is 1340. The van der Waals surface area contributed by atoms with Crippen LogP contribution in [0.15, 0.2) is 42.7 Å². The number of nitrogen functional groups attached to an aromatic ring is 1. The van der Waals surface area contributed by atoms with Gasteiger partial charge in [0.15, 0.2) is 0 Å². The van der Waals surface area contributed by atoms with Crippen LogP contribution >= 0.6 is 0 Å². The number of fused-ring (bicyclic) bond motifs is 3. The Kier molecular flexibility index (Phi) is 5.75. The summed E-state index contributed by atoms with van der Waals surface area (Å²) >= 11 is 0. The number of rotatable bonds is 6. The number of anilines is 1. The smallest absolute Gasteiger partial charge is 0.254 e. The summed E-state index contributed by atoms with van der Waals surface area (Å²) in [6, 6.07) is 8.90. The molecule has 2 N–H and O–H groups in total. The zero-order valence-corrected chi connectivity index (χ0v) is 18.2. The number of terminal acetylenes is 1. The van der Waals surface area contributed by atoms with Crippen molar-refractivity contribution in [3.8, 4) is 12.3 Å². The number of carbonyl (C=O) groups is 1. The summed E-state index contributed by atoms with van der Waals surface area (Å²) in [4.78, 5) is 24.2. The molecular formula is C24H24N6O2. The van der Waals surface area contributed by atoms with Crippen LogP contribution in [0.2, 0.25) is 0 Å². The summed E-state index contributed by atoms with van der Waals surface area (Å²) in [7, 11) is 3.46. The van der Waals surface area contributed by atoms with Crippen LogP contribution < -0.4 is 5.73 Å². The molecule has 0 saturated heterocycles. The highest BCUT2D eigenvalue weighted by Gasteiger charge is 2.23. The molecule has 1 atom stereocenters. The highest BCUT2D eigenvalue weighted by molar-refractivity contribution is 6.10. The van der Waals surface area contributed by atoms with Gasteiger partial charge in [0.25, 0.3) is 5.91 Å². The van der Waals surface area contributed by atoms with E-state index in [4.69, 9.17) is 16.9 Å². The van der Waals surface area contributed by atoms with Crippen LogP contribution in [-0.4, -0.2) is 50.3 Å². The number of aromatic nitrogens is 4. The third-order valence-corrected chi connectivity index (χ3v) is 5.48. The molecule has 8 nitrogen and oxygen atoms in total. The molecule has 1 amide bonds. The van der Waals surface area contributed by atoms with Crippen LogP contribution in [0, 0.1) is 12.3 Å². The average molecular weight is 428 g/mol. The van der Waals surface area contributed by atoms with Gasteiger partial charge in [0, 0.05) is 36.9 Å².